The van der Waals surface area contributed by atoms with Crippen molar-refractivity contribution in [2.24, 2.45) is 5.10 Å². The van der Waals surface area contributed by atoms with Gasteiger partial charge in [0.25, 0.3) is 11.6 Å². The van der Waals surface area contributed by atoms with Gasteiger partial charge in [0.15, 0.2) is 5.69 Å². The van der Waals surface area contributed by atoms with Gasteiger partial charge in [-0.2, -0.15) is 10.2 Å². The average molecular weight is 456 g/mol. The van der Waals surface area contributed by atoms with Crippen molar-refractivity contribution in [1.82, 2.24) is 15.2 Å². The lowest BCUT2D eigenvalue weighted by molar-refractivity contribution is -0.384. The quantitative estimate of drug-likeness (QED) is 0.328. The Kier molecular flexibility index (Phi) is 6.50. The Balaban J connectivity index is 1.71. The molecule has 8 nitrogen and oxygen atoms in total. The van der Waals surface area contributed by atoms with Gasteiger partial charge in [0.05, 0.1) is 21.7 Å². The number of amides is 1. The summed E-state index contributed by atoms with van der Waals surface area (Å²) in [5.41, 5.74) is 5.32. The zero-order valence-electron chi connectivity index (χ0n) is 15.6. The van der Waals surface area contributed by atoms with Crippen LogP contribution >= 0.6 is 15.9 Å². The second kappa shape index (κ2) is 9.24. The van der Waals surface area contributed by atoms with Gasteiger partial charge in [-0.1, -0.05) is 49.4 Å². The van der Waals surface area contributed by atoms with Crippen LogP contribution < -0.4 is 5.43 Å². The smallest absolute Gasteiger partial charge is 0.266 e. The fraction of sp³-hybridized carbons (Fsp3) is 0.150. The maximum Gasteiger partial charge on any atom is 0.293 e. The molecule has 0 spiro atoms. The molecule has 9 heteroatoms. The van der Waals surface area contributed by atoms with Crippen LogP contribution in [0.2, 0.25) is 0 Å². The number of carbonyl (C=O) groups excluding carboxylic acids is 1. The maximum atomic E-state index is 12.5. The molecular formula is C20H18BrN5O3. The number of nitro benzene ring substituents is 1. The van der Waals surface area contributed by atoms with Gasteiger partial charge in [0, 0.05) is 18.3 Å². The van der Waals surface area contributed by atoms with Crippen molar-refractivity contribution in [3.63, 3.8) is 0 Å². The minimum absolute atomic E-state index is 0.0264. The molecule has 0 aliphatic rings. The van der Waals surface area contributed by atoms with Gasteiger partial charge < -0.3 is 0 Å². The van der Waals surface area contributed by atoms with Crippen molar-refractivity contribution in [1.29, 1.82) is 0 Å². The van der Waals surface area contributed by atoms with Crippen molar-refractivity contribution in [2.75, 3.05) is 0 Å². The predicted octanol–water partition coefficient (Wildman–Crippen LogP) is 4.15. The second-order valence-electron chi connectivity index (χ2n) is 6.17. The zero-order chi connectivity index (χ0) is 20.8. The Hall–Kier alpha value is -3.33. The first-order chi connectivity index (χ1) is 14.0. The van der Waals surface area contributed by atoms with Crippen LogP contribution in [0.5, 0.6) is 0 Å². The molecule has 1 heterocycles. The van der Waals surface area contributed by atoms with E-state index in [4.69, 9.17) is 0 Å². The third-order valence-electron chi connectivity index (χ3n) is 4.16. The number of nitrogens with zero attached hydrogens (tertiary/aromatic N) is 4. The van der Waals surface area contributed by atoms with Crippen molar-refractivity contribution >= 4 is 33.2 Å². The van der Waals surface area contributed by atoms with E-state index in [1.54, 1.807) is 23.0 Å². The Morgan fingerprint density at radius 2 is 1.90 bits per heavy atom. The summed E-state index contributed by atoms with van der Waals surface area (Å²) in [6.45, 7) is 2.34. The summed E-state index contributed by atoms with van der Waals surface area (Å²) in [7, 11) is 0. The van der Waals surface area contributed by atoms with E-state index in [0.29, 0.717) is 17.4 Å². The van der Waals surface area contributed by atoms with Crippen LogP contribution in [0.15, 0.2) is 70.4 Å². The highest BCUT2D eigenvalue weighted by atomic mass is 79.9. The standard InChI is InChI=1S/C20H18BrN5O3/c1-2-18(15-6-4-3-5-7-15)22-23-20(27)19-17(21)13-25(24-19)12-14-8-10-16(11-9-14)26(28)29/h3-11,13H,2,12H2,1H3,(H,23,27)/b22-18+. The summed E-state index contributed by atoms with van der Waals surface area (Å²) < 4.78 is 2.12. The fourth-order valence-corrected chi connectivity index (χ4v) is 3.19. The van der Waals surface area contributed by atoms with Crippen LogP contribution in [-0.4, -0.2) is 26.3 Å². The zero-order valence-corrected chi connectivity index (χ0v) is 17.2. The first kappa shape index (κ1) is 20.4. The van der Waals surface area contributed by atoms with Gasteiger partial charge in [0.2, 0.25) is 0 Å². The van der Waals surface area contributed by atoms with Gasteiger partial charge in [-0.25, -0.2) is 5.43 Å². The molecule has 1 aromatic heterocycles. The highest BCUT2D eigenvalue weighted by Gasteiger charge is 2.16. The van der Waals surface area contributed by atoms with Crippen molar-refractivity contribution in [3.8, 4) is 0 Å². The lowest BCUT2D eigenvalue weighted by Crippen LogP contribution is -2.21. The summed E-state index contributed by atoms with van der Waals surface area (Å²) in [5, 5.41) is 19.3. The first-order valence-electron chi connectivity index (χ1n) is 8.86. The van der Waals surface area contributed by atoms with Crippen molar-refractivity contribution < 1.29 is 9.72 Å². The van der Waals surface area contributed by atoms with Gasteiger partial charge in [-0.3, -0.25) is 19.6 Å². The number of hydrogen-bond acceptors (Lipinski definition) is 5. The van der Waals surface area contributed by atoms with Crippen molar-refractivity contribution in [3.05, 3.63) is 92.2 Å². The lowest BCUT2D eigenvalue weighted by atomic mass is 10.1. The molecule has 0 fully saturated rings. The number of hydrazone groups is 1. The van der Waals surface area contributed by atoms with Crippen LogP contribution in [0, 0.1) is 10.1 Å². The monoisotopic (exact) mass is 455 g/mol. The third-order valence-corrected chi connectivity index (χ3v) is 4.74. The van der Waals surface area contributed by atoms with Crippen LogP contribution in [0.4, 0.5) is 5.69 Å². The highest BCUT2D eigenvalue weighted by molar-refractivity contribution is 9.10. The molecular weight excluding hydrogens is 438 g/mol. The molecule has 0 saturated carbocycles. The molecule has 1 amide bonds. The second-order valence-corrected chi connectivity index (χ2v) is 7.02. The molecule has 0 aliphatic carbocycles. The number of carbonyl (C=O) groups is 1. The summed E-state index contributed by atoms with van der Waals surface area (Å²) in [4.78, 5) is 22.8. The molecule has 29 heavy (non-hydrogen) atoms. The van der Waals surface area contributed by atoms with Gasteiger partial charge in [-0.05, 0) is 33.5 Å². The van der Waals surface area contributed by atoms with Crippen LogP contribution in [0.3, 0.4) is 0 Å². The molecule has 148 valence electrons. The number of non-ortho nitro benzene ring substituents is 1. The molecule has 3 rings (SSSR count). The molecule has 0 radical (unpaired) electrons. The normalized spacial score (nSPS) is 11.3. The van der Waals surface area contributed by atoms with Gasteiger partial charge >= 0.3 is 0 Å². The number of rotatable bonds is 7. The highest BCUT2D eigenvalue weighted by Crippen LogP contribution is 2.17. The van der Waals surface area contributed by atoms with Crippen molar-refractivity contribution in [2.45, 2.75) is 19.9 Å². The van der Waals surface area contributed by atoms with E-state index >= 15 is 0 Å². The number of benzene rings is 2. The molecule has 0 aliphatic heterocycles. The Morgan fingerprint density at radius 3 is 2.52 bits per heavy atom. The molecule has 0 unspecified atom stereocenters. The molecule has 1 N–H and O–H groups in total. The van der Waals surface area contributed by atoms with Gasteiger partial charge in [0.1, 0.15) is 0 Å². The summed E-state index contributed by atoms with van der Waals surface area (Å²) >= 11 is 3.35. The van der Waals surface area contributed by atoms with E-state index in [1.165, 1.54) is 12.1 Å². The number of nitrogens with one attached hydrogen (secondary N) is 1. The molecule has 2 aromatic carbocycles. The average Bonchev–Trinajstić information content (AvgIpc) is 3.09. The van der Waals surface area contributed by atoms with E-state index in [0.717, 1.165) is 16.8 Å². The van der Waals surface area contributed by atoms with E-state index in [-0.39, 0.29) is 11.4 Å². The minimum Gasteiger partial charge on any atom is -0.266 e. The number of aromatic nitrogens is 2. The Morgan fingerprint density at radius 1 is 1.21 bits per heavy atom. The summed E-state index contributed by atoms with van der Waals surface area (Å²) in [6.07, 6.45) is 2.35. The van der Waals surface area contributed by atoms with Crippen LogP contribution in [0.1, 0.15) is 35.0 Å². The first-order valence-corrected chi connectivity index (χ1v) is 9.66. The SMILES string of the molecule is CC/C(=N\NC(=O)c1nn(Cc2ccc([N+](=O)[O-])cc2)cc1Br)c1ccccc1. The van der Waals surface area contributed by atoms with E-state index in [2.05, 4.69) is 31.6 Å². The lowest BCUT2D eigenvalue weighted by Gasteiger charge is -2.04. The predicted molar refractivity (Wildman–Crippen MR) is 113 cm³/mol. The summed E-state index contributed by atoms with van der Waals surface area (Å²) in [6, 6.07) is 15.8. The topological polar surface area (TPSA) is 102 Å². The number of hydrogen-bond donors (Lipinski definition) is 1. The van der Waals surface area contributed by atoms with E-state index in [9.17, 15) is 14.9 Å². The number of halogens is 1. The number of nitro groups is 1. The van der Waals surface area contributed by atoms with E-state index < -0.39 is 10.8 Å². The molecule has 3 aromatic rings. The molecule has 0 bridgehead atoms. The Labute approximate surface area is 175 Å². The fourth-order valence-electron chi connectivity index (χ4n) is 2.69. The molecule has 0 saturated heterocycles. The largest absolute Gasteiger partial charge is 0.293 e. The maximum absolute atomic E-state index is 12.5. The van der Waals surface area contributed by atoms with Crippen LogP contribution in [0.25, 0.3) is 0 Å². The third kappa shape index (κ3) is 5.14. The molecule has 0 atom stereocenters. The summed E-state index contributed by atoms with van der Waals surface area (Å²) in [5.74, 6) is -0.429. The Bertz CT molecular complexity index is 1050. The van der Waals surface area contributed by atoms with E-state index in [1.807, 2.05) is 37.3 Å². The van der Waals surface area contributed by atoms with Crippen LogP contribution in [-0.2, 0) is 6.54 Å². The minimum atomic E-state index is -0.447. The van der Waals surface area contributed by atoms with Gasteiger partial charge in [-0.15, -0.1) is 0 Å².